The second-order valence-electron chi connectivity index (χ2n) is 9.52. The number of hydrogen-bond acceptors (Lipinski definition) is 5. The van der Waals surface area contributed by atoms with Crippen LogP contribution < -0.4 is 10.9 Å². The molecule has 2 aromatic heterocycles. The van der Waals surface area contributed by atoms with E-state index in [9.17, 15) is 14.0 Å². The molecule has 8 nitrogen and oxygen atoms in total. The van der Waals surface area contributed by atoms with E-state index in [1.807, 2.05) is 22.6 Å². The van der Waals surface area contributed by atoms with Gasteiger partial charge in [-0.1, -0.05) is 30.7 Å². The molecule has 0 bridgehead atoms. The summed E-state index contributed by atoms with van der Waals surface area (Å²) in [6.45, 7) is 5.07. The first-order chi connectivity index (χ1) is 17.5. The van der Waals surface area contributed by atoms with E-state index in [1.54, 1.807) is 22.8 Å². The molecule has 0 saturated carbocycles. The summed E-state index contributed by atoms with van der Waals surface area (Å²) in [7, 11) is 0. The fourth-order valence-electron chi connectivity index (χ4n) is 5.03. The van der Waals surface area contributed by atoms with Crippen molar-refractivity contribution in [1.29, 1.82) is 0 Å². The maximum Gasteiger partial charge on any atom is 0.263 e. The van der Waals surface area contributed by atoms with Gasteiger partial charge in [0.05, 0.1) is 17.4 Å². The highest BCUT2D eigenvalue weighted by atomic mass is 19.1. The van der Waals surface area contributed by atoms with Gasteiger partial charge in [-0.15, -0.1) is 10.2 Å². The van der Waals surface area contributed by atoms with Crippen molar-refractivity contribution in [2.45, 2.75) is 51.6 Å². The first kappa shape index (κ1) is 24.1. The van der Waals surface area contributed by atoms with Crippen molar-refractivity contribution in [1.82, 2.24) is 29.4 Å². The number of benzene rings is 2. The van der Waals surface area contributed by atoms with Gasteiger partial charge in [0.15, 0.2) is 0 Å². The lowest BCUT2D eigenvalue weighted by Crippen LogP contribution is -2.42. The summed E-state index contributed by atoms with van der Waals surface area (Å²) in [5.74, 6) is 0.662. The standard InChI is InChI=1S/C27H31FN6O2/c1-19-6-4-5-16-32(19)17-15-29-25(35)14-13-24-30-31-27-33(18-20-9-11-21(28)12-10-20)26(36)22-7-2-3-8-23(22)34(24)27/h2-3,7-12,19H,4-6,13-18H2,1H3,(H,29,35). The molecule has 188 valence electrons. The SMILES string of the molecule is CC1CCCCN1CCNC(=O)CCc1nnc2n(Cc3ccc(F)cc3)c(=O)c3ccccc3n12. The molecule has 9 heteroatoms. The zero-order valence-electron chi connectivity index (χ0n) is 20.5. The summed E-state index contributed by atoms with van der Waals surface area (Å²) in [6.07, 6.45) is 4.39. The Morgan fingerprint density at radius 1 is 1.11 bits per heavy atom. The van der Waals surface area contributed by atoms with Gasteiger partial charge in [-0.3, -0.25) is 23.5 Å². The molecule has 0 spiro atoms. The van der Waals surface area contributed by atoms with E-state index in [0.29, 0.717) is 41.5 Å². The van der Waals surface area contributed by atoms with Crippen LogP contribution in [0.3, 0.4) is 0 Å². The van der Waals surface area contributed by atoms with Crippen molar-refractivity contribution >= 4 is 22.6 Å². The van der Waals surface area contributed by atoms with Gasteiger partial charge in [0, 0.05) is 32.0 Å². The van der Waals surface area contributed by atoms with E-state index in [1.165, 1.54) is 31.4 Å². The van der Waals surface area contributed by atoms with Crippen LogP contribution >= 0.6 is 0 Å². The molecule has 36 heavy (non-hydrogen) atoms. The maximum atomic E-state index is 13.4. The van der Waals surface area contributed by atoms with Crippen molar-refractivity contribution in [3.63, 3.8) is 0 Å². The van der Waals surface area contributed by atoms with Gasteiger partial charge in [0.25, 0.3) is 5.56 Å². The minimum atomic E-state index is -0.330. The summed E-state index contributed by atoms with van der Waals surface area (Å²) in [5, 5.41) is 12.2. The molecule has 4 aromatic rings. The summed E-state index contributed by atoms with van der Waals surface area (Å²) >= 11 is 0. The van der Waals surface area contributed by atoms with Gasteiger partial charge < -0.3 is 5.32 Å². The van der Waals surface area contributed by atoms with Gasteiger partial charge in [-0.25, -0.2) is 4.39 Å². The third kappa shape index (κ3) is 5.02. The number of amides is 1. The molecular weight excluding hydrogens is 459 g/mol. The highest BCUT2D eigenvalue weighted by Gasteiger charge is 2.19. The number of nitrogens with one attached hydrogen (secondary N) is 1. The minimum Gasteiger partial charge on any atom is -0.355 e. The second kappa shape index (κ2) is 10.6. The number of carbonyl (C=O) groups is 1. The minimum absolute atomic E-state index is 0.0275. The monoisotopic (exact) mass is 490 g/mol. The highest BCUT2D eigenvalue weighted by molar-refractivity contribution is 5.80. The number of rotatable bonds is 8. The number of aryl methyl sites for hydroxylation is 1. The van der Waals surface area contributed by atoms with Crippen molar-refractivity contribution < 1.29 is 9.18 Å². The molecule has 0 aliphatic carbocycles. The summed E-state index contributed by atoms with van der Waals surface area (Å²) in [6, 6.07) is 13.9. The molecule has 5 rings (SSSR count). The van der Waals surface area contributed by atoms with E-state index in [4.69, 9.17) is 0 Å². The van der Waals surface area contributed by atoms with Gasteiger partial charge >= 0.3 is 0 Å². The molecule has 1 amide bonds. The lowest BCUT2D eigenvalue weighted by atomic mass is 10.0. The Bertz CT molecular complexity index is 1430. The van der Waals surface area contributed by atoms with E-state index in [0.717, 1.165) is 18.7 Å². The molecule has 1 aliphatic heterocycles. The fraction of sp³-hybridized carbons (Fsp3) is 0.407. The van der Waals surface area contributed by atoms with E-state index in [-0.39, 0.29) is 30.2 Å². The number of nitrogens with zero attached hydrogens (tertiary/aromatic N) is 5. The number of para-hydroxylation sites is 1. The van der Waals surface area contributed by atoms with E-state index >= 15 is 0 Å². The molecule has 1 atom stereocenters. The predicted octanol–water partition coefficient (Wildman–Crippen LogP) is 3.15. The average molecular weight is 491 g/mol. The third-order valence-corrected chi connectivity index (χ3v) is 7.07. The Kier molecular flexibility index (Phi) is 7.09. The first-order valence-corrected chi connectivity index (χ1v) is 12.6. The summed E-state index contributed by atoms with van der Waals surface area (Å²) < 4.78 is 16.8. The molecule has 0 radical (unpaired) electrons. The van der Waals surface area contributed by atoms with Crippen molar-refractivity contribution in [2.24, 2.45) is 0 Å². The Balaban J connectivity index is 1.35. The lowest BCUT2D eigenvalue weighted by Gasteiger charge is -2.33. The average Bonchev–Trinajstić information content (AvgIpc) is 3.31. The van der Waals surface area contributed by atoms with Crippen molar-refractivity contribution in [3.8, 4) is 0 Å². The van der Waals surface area contributed by atoms with Crippen LogP contribution in [0.5, 0.6) is 0 Å². The summed E-state index contributed by atoms with van der Waals surface area (Å²) in [5.41, 5.74) is 1.29. The molecule has 3 heterocycles. The second-order valence-corrected chi connectivity index (χ2v) is 9.52. The zero-order valence-corrected chi connectivity index (χ0v) is 20.5. The summed E-state index contributed by atoms with van der Waals surface area (Å²) in [4.78, 5) is 28.3. The highest BCUT2D eigenvalue weighted by Crippen LogP contribution is 2.17. The van der Waals surface area contributed by atoms with Crippen LogP contribution in [0, 0.1) is 5.82 Å². The first-order valence-electron chi connectivity index (χ1n) is 12.6. The molecule has 2 aromatic carbocycles. The number of fused-ring (bicyclic) bond motifs is 3. The van der Waals surface area contributed by atoms with Crippen LogP contribution in [0.2, 0.25) is 0 Å². The van der Waals surface area contributed by atoms with Crippen LogP contribution in [0.25, 0.3) is 16.7 Å². The molecular formula is C27H31FN6O2. The maximum absolute atomic E-state index is 13.4. The van der Waals surface area contributed by atoms with Crippen LogP contribution in [-0.2, 0) is 17.8 Å². The molecule has 1 saturated heterocycles. The van der Waals surface area contributed by atoms with Gasteiger partial charge in [0.1, 0.15) is 11.6 Å². The smallest absolute Gasteiger partial charge is 0.263 e. The Labute approximate surface area is 208 Å². The van der Waals surface area contributed by atoms with Crippen LogP contribution in [0.15, 0.2) is 53.3 Å². The van der Waals surface area contributed by atoms with Gasteiger partial charge in [-0.2, -0.15) is 0 Å². The Morgan fingerprint density at radius 3 is 2.72 bits per heavy atom. The fourth-order valence-corrected chi connectivity index (χ4v) is 5.03. The Hall–Kier alpha value is -3.59. The van der Waals surface area contributed by atoms with Gasteiger partial charge in [0.2, 0.25) is 11.7 Å². The number of hydrogen-bond donors (Lipinski definition) is 1. The zero-order chi connectivity index (χ0) is 25.1. The quantitative estimate of drug-likeness (QED) is 0.410. The predicted molar refractivity (Wildman–Crippen MR) is 136 cm³/mol. The Morgan fingerprint density at radius 2 is 1.92 bits per heavy atom. The topological polar surface area (TPSA) is 84.5 Å². The third-order valence-electron chi connectivity index (χ3n) is 7.07. The van der Waals surface area contributed by atoms with Crippen molar-refractivity contribution in [3.05, 3.63) is 76.1 Å². The molecule has 1 fully saturated rings. The largest absolute Gasteiger partial charge is 0.355 e. The number of carbonyl (C=O) groups excluding carboxylic acids is 1. The van der Waals surface area contributed by atoms with Gasteiger partial charge in [-0.05, 0) is 56.1 Å². The van der Waals surface area contributed by atoms with Crippen LogP contribution in [0.1, 0.15) is 44.0 Å². The van der Waals surface area contributed by atoms with E-state index in [2.05, 4.69) is 27.3 Å². The molecule has 1 unspecified atom stereocenters. The normalized spacial score (nSPS) is 16.6. The number of halogens is 1. The van der Waals surface area contributed by atoms with E-state index < -0.39 is 0 Å². The lowest BCUT2D eigenvalue weighted by molar-refractivity contribution is -0.121. The number of aromatic nitrogens is 4. The van der Waals surface area contributed by atoms with Crippen LogP contribution in [0.4, 0.5) is 4.39 Å². The number of piperidine rings is 1. The van der Waals surface area contributed by atoms with Crippen LogP contribution in [-0.4, -0.2) is 55.6 Å². The number of likely N-dealkylation sites (tertiary alicyclic amines) is 1. The molecule has 1 aliphatic rings. The van der Waals surface area contributed by atoms with Crippen molar-refractivity contribution in [2.75, 3.05) is 19.6 Å². The molecule has 1 N–H and O–H groups in total.